The molecule has 0 saturated carbocycles. The highest BCUT2D eigenvalue weighted by molar-refractivity contribution is 8.00. The standard InChI is InChI=1S/C15H14FN3S2/c1-9(12-5-3-10(16)8-17-12)18-11-4-6-13-14(7-11)21-15(19-13)20-2/h3-9,18H,1-2H3. The maximum Gasteiger partial charge on any atom is 0.150 e. The Morgan fingerprint density at radius 3 is 2.86 bits per heavy atom. The van der Waals surface area contributed by atoms with Gasteiger partial charge >= 0.3 is 0 Å². The van der Waals surface area contributed by atoms with Crippen molar-refractivity contribution in [3.05, 3.63) is 48.0 Å². The molecule has 2 aromatic heterocycles. The highest BCUT2D eigenvalue weighted by Gasteiger charge is 2.09. The van der Waals surface area contributed by atoms with Gasteiger partial charge in [-0.2, -0.15) is 0 Å². The van der Waals surface area contributed by atoms with Crippen LogP contribution >= 0.6 is 23.1 Å². The summed E-state index contributed by atoms with van der Waals surface area (Å²) in [4.78, 5) is 8.62. The van der Waals surface area contributed by atoms with Crippen LogP contribution in [-0.2, 0) is 0 Å². The van der Waals surface area contributed by atoms with Crippen molar-refractivity contribution < 1.29 is 4.39 Å². The molecule has 108 valence electrons. The molecule has 6 heteroatoms. The molecular formula is C15H14FN3S2. The number of fused-ring (bicyclic) bond motifs is 1. The van der Waals surface area contributed by atoms with E-state index in [0.29, 0.717) is 0 Å². The summed E-state index contributed by atoms with van der Waals surface area (Å²) in [6.45, 7) is 2.00. The first kappa shape index (κ1) is 14.3. The van der Waals surface area contributed by atoms with Gasteiger partial charge in [0, 0.05) is 5.69 Å². The Morgan fingerprint density at radius 2 is 2.14 bits per heavy atom. The third-order valence-electron chi connectivity index (χ3n) is 3.12. The Labute approximate surface area is 130 Å². The highest BCUT2D eigenvalue weighted by Crippen LogP contribution is 2.30. The monoisotopic (exact) mass is 319 g/mol. The van der Waals surface area contributed by atoms with E-state index in [9.17, 15) is 4.39 Å². The first-order valence-corrected chi connectivity index (χ1v) is 8.52. The summed E-state index contributed by atoms with van der Waals surface area (Å²) in [5.74, 6) is -0.318. The molecule has 3 nitrogen and oxygen atoms in total. The van der Waals surface area contributed by atoms with Crippen molar-refractivity contribution in [1.82, 2.24) is 9.97 Å². The van der Waals surface area contributed by atoms with Crippen LogP contribution in [0.15, 0.2) is 40.9 Å². The Morgan fingerprint density at radius 1 is 1.29 bits per heavy atom. The van der Waals surface area contributed by atoms with E-state index in [-0.39, 0.29) is 11.9 Å². The van der Waals surface area contributed by atoms with Crippen LogP contribution in [0.25, 0.3) is 10.2 Å². The lowest BCUT2D eigenvalue weighted by atomic mass is 10.2. The predicted octanol–water partition coefficient (Wildman–Crippen LogP) is 4.73. The smallest absolute Gasteiger partial charge is 0.150 e. The summed E-state index contributed by atoms with van der Waals surface area (Å²) >= 11 is 3.34. The second-order valence-electron chi connectivity index (χ2n) is 4.63. The molecule has 0 amide bonds. The van der Waals surface area contributed by atoms with Crippen LogP contribution in [0, 0.1) is 5.82 Å². The summed E-state index contributed by atoms with van der Waals surface area (Å²) < 4.78 is 15.1. The van der Waals surface area contributed by atoms with E-state index < -0.39 is 0 Å². The minimum absolute atomic E-state index is 0.0102. The van der Waals surface area contributed by atoms with Gasteiger partial charge in [-0.1, -0.05) is 11.8 Å². The van der Waals surface area contributed by atoms with Crippen molar-refractivity contribution in [3.63, 3.8) is 0 Å². The molecule has 2 heterocycles. The number of halogens is 1. The van der Waals surface area contributed by atoms with Gasteiger partial charge in [0.2, 0.25) is 0 Å². The number of aromatic nitrogens is 2. The predicted molar refractivity (Wildman–Crippen MR) is 87.6 cm³/mol. The fraction of sp³-hybridized carbons (Fsp3) is 0.200. The van der Waals surface area contributed by atoms with Crippen LogP contribution in [0.3, 0.4) is 0 Å². The molecule has 21 heavy (non-hydrogen) atoms. The normalized spacial score (nSPS) is 12.5. The largest absolute Gasteiger partial charge is 0.377 e. The second kappa shape index (κ2) is 5.99. The van der Waals surface area contributed by atoms with E-state index >= 15 is 0 Å². The fourth-order valence-corrected chi connectivity index (χ4v) is 3.58. The van der Waals surface area contributed by atoms with Crippen molar-refractivity contribution in [2.45, 2.75) is 17.3 Å². The first-order valence-electron chi connectivity index (χ1n) is 6.48. The number of nitrogens with zero attached hydrogens (tertiary/aromatic N) is 2. The Hall–Kier alpha value is -1.66. The molecule has 1 N–H and O–H groups in total. The molecule has 0 spiro atoms. The van der Waals surface area contributed by atoms with Gasteiger partial charge in [-0.15, -0.1) is 11.3 Å². The van der Waals surface area contributed by atoms with E-state index in [4.69, 9.17) is 0 Å². The average Bonchev–Trinajstić information content (AvgIpc) is 2.90. The molecule has 0 aliphatic heterocycles. The maximum atomic E-state index is 12.9. The topological polar surface area (TPSA) is 37.8 Å². The molecular weight excluding hydrogens is 305 g/mol. The van der Waals surface area contributed by atoms with Gasteiger partial charge in [-0.3, -0.25) is 4.98 Å². The summed E-state index contributed by atoms with van der Waals surface area (Å²) in [7, 11) is 0. The Bertz CT molecular complexity index is 755. The third kappa shape index (κ3) is 3.16. The number of thiazole rings is 1. The van der Waals surface area contributed by atoms with E-state index in [1.165, 1.54) is 12.3 Å². The summed E-state index contributed by atoms with van der Waals surface area (Å²) in [6.07, 6.45) is 3.27. The molecule has 1 atom stereocenters. The molecule has 1 aromatic carbocycles. The van der Waals surface area contributed by atoms with E-state index in [2.05, 4.69) is 21.4 Å². The fourth-order valence-electron chi connectivity index (χ4n) is 2.05. The minimum atomic E-state index is -0.318. The number of anilines is 1. The molecule has 0 fully saturated rings. The second-order valence-corrected chi connectivity index (χ2v) is 6.72. The van der Waals surface area contributed by atoms with Crippen LogP contribution < -0.4 is 5.32 Å². The van der Waals surface area contributed by atoms with Crippen molar-refractivity contribution in [1.29, 1.82) is 0 Å². The number of thioether (sulfide) groups is 1. The number of nitrogens with one attached hydrogen (secondary N) is 1. The van der Waals surface area contributed by atoms with Gasteiger partial charge in [-0.05, 0) is 43.5 Å². The van der Waals surface area contributed by atoms with Crippen LogP contribution in [0.2, 0.25) is 0 Å². The number of hydrogen-bond donors (Lipinski definition) is 1. The van der Waals surface area contributed by atoms with Crippen LogP contribution in [0.5, 0.6) is 0 Å². The van der Waals surface area contributed by atoms with E-state index in [0.717, 1.165) is 25.9 Å². The number of rotatable bonds is 4. The van der Waals surface area contributed by atoms with E-state index in [1.54, 1.807) is 29.2 Å². The van der Waals surface area contributed by atoms with E-state index in [1.807, 2.05) is 25.3 Å². The summed E-state index contributed by atoms with van der Waals surface area (Å²) in [5, 5.41) is 3.38. The van der Waals surface area contributed by atoms with Crippen LogP contribution in [-0.4, -0.2) is 16.2 Å². The number of pyridine rings is 1. The van der Waals surface area contributed by atoms with Crippen molar-refractivity contribution >= 4 is 39.0 Å². The summed E-state index contributed by atoms with van der Waals surface area (Å²) in [5.41, 5.74) is 2.84. The molecule has 0 radical (unpaired) electrons. The van der Waals surface area contributed by atoms with Crippen LogP contribution in [0.4, 0.5) is 10.1 Å². The molecule has 3 rings (SSSR count). The zero-order chi connectivity index (χ0) is 14.8. The molecule has 0 saturated heterocycles. The maximum absolute atomic E-state index is 12.9. The average molecular weight is 319 g/mol. The van der Waals surface area contributed by atoms with Crippen molar-refractivity contribution in [3.8, 4) is 0 Å². The Kier molecular flexibility index (Phi) is 4.07. The van der Waals surface area contributed by atoms with Gasteiger partial charge in [-0.25, -0.2) is 9.37 Å². The molecule has 0 aliphatic carbocycles. The van der Waals surface area contributed by atoms with Crippen molar-refractivity contribution in [2.75, 3.05) is 11.6 Å². The lowest BCUT2D eigenvalue weighted by Crippen LogP contribution is -2.08. The quantitative estimate of drug-likeness (QED) is 0.706. The van der Waals surface area contributed by atoms with Gasteiger partial charge in [0.15, 0.2) is 4.34 Å². The zero-order valence-electron chi connectivity index (χ0n) is 11.6. The van der Waals surface area contributed by atoms with Gasteiger partial charge in [0.25, 0.3) is 0 Å². The molecule has 1 unspecified atom stereocenters. The SMILES string of the molecule is CSc1nc2ccc(NC(C)c3ccc(F)cn3)cc2s1. The lowest BCUT2D eigenvalue weighted by molar-refractivity contribution is 0.617. The Balaban J connectivity index is 1.82. The molecule has 0 aliphatic rings. The summed E-state index contributed by atoms with van der Waals surface area (Å²) in [6, 6.07) is 9.25. The van der Waals surface area contributed by atoms with Gasteiger partial charge < -0.3 is 5.32 Å². The number of hydrogen-bond acceptors (Lipinski definition) is 5. The van der Waals surface area contributed by atoms with Crippen LogP contribution in [0.1, 0.15) is 18.7 Å². The highest BCUT2D eigenvalue weighted by atomic mass is 32.2. The first-order chi connectivity index (χ1) is 10.2. The third-order valence-corrected chi connectivity index (χ3v) is 5.12. The molecule has 3 aromatic rings. The van der Waals surface area contributed by atoms with Crippen molar-refractivity contribution in [2.24, 2.45) is 0 Å². The molecule has 0 bridgehead atoms. The van der Waals surface area contributed by atoms with Gasteiger partial charge in [0.05, 0.1) is 28.1 Å². The number of benzene rings is 1. The zero-order valence-corrected chi connectivity index (χ0v) is 13.3. The minimum Gasteiger partial charge on any atom is -0.377 e. The lowest BCUT2D eigenvalue weighted by Gasteiger charge is -2.14. The van der Waals surface area contributed by atoms with Gasteiger partial charge in [0.1, 0.15) is 5.82 Å².